The standard InChI is InChI=1S/C14H21BrN2S/c1-12-3-4-13(11-14(12)15)17-8-6-16(7-9-17)5-2-10-18/h3-4,11,18H,2,5-10H2,1H3. The Labute approximate surface area is 124 Å². The zero-order chi connectivity index (χ0) is 13.0. The number of anilines is 1. The van der Waals surface area contributed by atoms with Crippen LogP contribution < -0.4 is 4.90 Å². The fraction of sp³-hybridized carbons (Fsp3) is 0.571. The predicted octanol–water partition coefficient (Wildman–Crippen LogP) is 3.20. The number of halogens is 1. The highest BCUT2D eigenvalue weighted by Gasteiger charge is 2.16. The molecule has 4 heteroatoms. The minimum absolute atomic E-state index is 0.991. The van der Waals surface area contributed by atoms with E-state index in [4.69, 9.17) is 0 Å². The molecule has 0 aromatic heterocycles. The van der Waals surface area contributed by atoms with E-state index < -0.39 is 0 Å². The van der Waals surface area contributed by atoms with Gasteiger partial charge in [0.15, 0.2) is 0 Å². The highest BCUT2D eigenvalue weighted by Crippen LogP contribution is 2.24. The summed E-state index contributed by atoms with van der Waals surface area (Å²) in [5, 5.41) is 0. The van der Waals surface area contributed by atoms with Crippen LogP contribution in [0.4, 0.5) is 5.69 Å². The molecule has 2 rings (SSSR count). The van der Waals surface area contributed by atoms with Crippen LogP contribution in [-0.2, 0) is 0 Å². The second-order valence-corrected chi connectivity index (χ2v) is 6.14. The second kappa shape index (κ2) is 6.83. The molecule has 0 spiro atoms. The van der Waals surface area contributed by atoms with Crippen LogP contribution in [0.2, 0.25) is 0 Å². The van der Waals surface area contributed by atoms with Gasteiger partial charge in [0.2, 0.25) is 0 Å². The Balaban J connectivity index is 1.90. The summed E-state index contributed by atoms with van der Waals surface area (Å²) in [6, 6.07) is 6.65. The molecule has 0 bridgehead atoms. The maximum Gasteiger partial charge on any atom is 0.0378 e. The molecule has 100 valence electrons. The molecular formula is C14H21BrN2S. The average Bonchev–Trinajstić information content (AvgIpc) is 2.40. The van der Waals surface area contributed by atoms with Crippen molar-refractivity contribution in [2.24, 2.45) is 0 Å². The summed E-state index contributed by atoms with van der Waals surface area (Å²) < 4.78 is 1.21. The van der Waals surface area contributed by atoms with Gasteiger partial charge in [0.1, 0.15) is 0 Å². The SMILES string of the molecule is Cc1ccc(N2CCN(CCCS)CC2)cc1Br. The lowest BCUT2D eigenvalue weighted by atomic mass is 10.2. The first-order valence-corrected chi connectivity index (χ1v) is 7.97. The number of rotatable bonds is 4. The highest BCUT2D eigenvalue weighted by molar-refractivity contribution is 9.10. The van der Waals surface area contributed by atoms with Crippen molar-refractivity contribution in [3.8, 4) is 0 Å². The van der Waals surface area contributed by atoms with Crippen molar-refractivity contribution < 1.29 is 0 Å². The number of hydrogen-bond acceptors (Lipinski definition) is 3. The summed E-state index contributed by atoms with van der Waals surface area (Å²) >= 11 is 7.89. The van der Waals surface area contributed by atoms with Crippen LogP contribution >= 0.6 is 28.6 Å². The first-order valence-electron chi connectivity index (χ1n) is 6.55. The minimum atomic E-state index is 0.991. The summed E-state index contributed by atoms with van der Waals surface area (Å²) in [4.78, 5) is 5.01. The van der Waals surface area contributed by atoms with Crippen LogP contribution in [-0.4, -0.2) is 43.4 Å². The normalized spacial score (nSPS) is 17.2. The van der Waals surface area contributed by atoms with Crippen molar-refractivity contribution in [3.05, 3.63) is 28.2 Å². The van der Waals surface area contributed by atoms with Crippen molar-refractivity contribution in [2.45, 2.75) is 13.3 Å². The molecule has 0 N–H and O–H groups in total. The van der Waals surface area contributed by atoms with Crippen LogP contribution in [0, 0.1) is 6.92 Å². The number of thiol groups is 1. The monoisotopic (exact) mass is 328 g/mol. The van der Waals surface area contributed by atoms with E-state index in [1.807, 2.05) is 0 Å². The Morgan fingerprint density at radius 3 is 2.56 bits per heavy atom. The van der Waals surface area contributed by atoms with Crippen LogP contribution in [0.1, 0.15) is 12.0 Å². The summed E-state index contributed by atoms with van der Waals surface area (Å²) in [6.07, 6.45) is 1.19. The van der Waals surface area contributed by atoms with Crippen LogP contribution in [0.5, 0.6) is 0 Å². The van der Waals surface area contributed by atoms with E-state index in [2.05, 4.69) is 63.5 Å². The lowest BCUT2D eigenvalue weighted by Gasteiger charge is -2.36. The third kappa shape index (κ3) is 3.65. The smallest absolute Gasteiger partial charge is 0.0378 e. The molecule has 1 saturated heterocycles. The Kier molecular flexibility index (Phi) is 5.39. The molecule has 1 aliphatic rings. The van der Waals surface area contributed by atoms with E-state index in [9.17, 15) is 0 Å². The van der Waals surface area contributed by atoms with Gasteiger partial charge in [-0.2, -0.15) is 12.6 Å². The predicted molar refractivity (Wildman–Crippen MR) is 86.0 cm³/mol. The summed E-state index contributed by atoms with van der Waals surface area (Å²) in [6.45, 7) is 7.90. The zero-order valence-corrected chi connectivity index (χ0v) is 13.4. The summed E-state index contributed by atoms with van der Waals surface area (Å²) in [5.41, 5.74) is 2.63. The summed E-state index contributed by atoms with van der Waals surface area (Å²) in [7, 11) is 0. The van der Waals surface area contributed by atoms with E-state index >= 15 is 0 Å². The molecule has 18 heavy (non-hydrogen) atoms. The van der Waals surface area contributed by atoms with Crippen molar-refractivity contribution in [1.82, 2.24) is 4.90 Å². The van der Waals surface area contributed by atoms with Crippen molar-refractivity contribution in [2.75, 3.05) is 43.4 Å². The van der Waals surface area contributed by atoms with Gasteiger partial charge < -0.3 is 4.90 Å². The Morgan fingerprint density at radius 2 is 1.94 bits per heavy atom. The third-order valence-corrected chi connectivity index (χ3v) is 4.70. The van der Waals surface area contributed by atoms with Gasteiger partial charge in [-0.05, 0) is 43.3 Å². The van der Waals surface area contributed by atoms with Gasteiger partial charge in [0.25, 0.3) is 0 Å². The number of benzene rings is 1. The van der Waals surface area contributed by atoms with Gasteiger partial charge in [-0.15, -0.1) is 0 Å². The molecular weight excluding hydrogens is 308 g/mol. The molecule has 0 atom stereocenters. The largest absolute Gasteiger partial charge is 0.369 e. The van der Waals surface area contributed by atoms with E-state index in [0.29, 0.717) is 0 Å². The molecule has 1 aromatic carbocycles. The van der Waals surface area contributed by atoms with Crippen molar-refractivity contribution in [3.63, 3.8) is 0 Å². The summed E-state index contributed by atoms with van der Waals surface area (Å²) in [5.74, 6) is 0.991. The highest BCUT2D eigenvalue weighted by atomic mass is 79.9. The number of piperazine rings is 1. The molecule has 0 aliphatic carbocycles. The first kappa shape index (κ1) is 14.2. The van der Waals surface area contributed by atoms with Crippen LogP contribution in [0.25, 0.3) is 0 Å². The molecule has 1 heterocycles. The van der Waals surface area contributed by atoms with Gasteiger partial charge in [-0.1, -0.05) is 22.0 Å². The van der Waals surface area contributed by atoms with Gasteiger partial charge in [0, 0.05) is 36.3 Å². The molecule has 2 nitrogen and oxygen atoms in total. The fourth-order valence-electron chi connectivity index (χ4n) is 2.30. The molecule has 0 amide bonds. The van der Waals surface area contributed by atoms with Crippen LogP contribution in [0.15, 0.2) is 22.7 Å². The Bertz CT molecular complexity index is 389. The zero-order valence-electron chi connectivity index (χ0n) is 10.9. The molecule has 0 saturated carbocycles. The van der Waals surface area contributed by atoms with Gasteiger partial charge in [-0.3, -0.25) is 4.90 Å². The van der Waals surface area contributed by atoms with Gasteiger partial charge in [0.05, 0.1) is 0 Å². The van der Waals surface area contributed by atoms with Crippen molar-refractivity contribution in [1.29, 1.82) is 0 Å². The van der Waals surface area contributed by atoms with E-state index in [0.717, 1.165) is 18.8 Å². The molecule has 1 aromatic rings. The van der Waals surface area contributed by atoms with E-state index in [-0.39, 0.29) is 0 Å². The topological polar surface area (TPSA) is 6.48 Å². The fourth-order valence-corrected chi connectivity index (χ4v) is 2.81. The van der Waals surface area contributed by atoms with Gasteiger partial charge in [-0.25, -0.2) is 0 Å². The van der Waals surface area contributed by atoms with Gasteiger partial charge >= 0.3 is 0 Å². The van der Waals surface area contributed by atoms with E-state index in [1.165, 1.54) is 41.8 Å². The average molecular weight is 329 g/mol. The second-order valence-electron chi connectivity index (χ2n) is 4.84. The molecule has 1 aliphatic heterocycles. The minimum Gasteiger partial charge on any atom is -0.369 e. The molecule has 1 fully saturated rings. The lowest BCUT2D eigenvalue weighted by molar-refractivity contribution is 0.259. The van der Waals surface area contributed by atoms with E-state index in [1.54, 1.807) is 0 Å². The van der Waals surface area contributed by atoms with Crippen molar-refractivity contribution >= 4 is 34.2 Å². The Hall–Kier alpha value is -0.190. The third-order valence-electron chi connectivity index (χ3n) is 3.53. The molecule has 0 unspecified atom stereocenters. The maximum absolute atomic E-state index is 4.27. The number of nitrogens with zero attached hydrogens (tertiary/aromatic N) is 2. The first-order chi connectivity index (χ1) is 8.70. The number of aryl methyl sites for hydroxylation is 1. The molecule has 0 radical (unpaired) electrons. The Morgan fingerprint density at radius 1 is 1.22 bits per heavy atom. The lowest BCUT2D eigenvalue weighted by Crippen LogP contribution is -2.46. The maximum atomic E-state index is 4.27. The quantitative estimate of drug-likeness (QED) is 0.848. The van der Waals surface area contributed by atoms with Crippen LogP contribution in [0.3, 0.4) is 0 Å². The number of hydrogen-bond donors (Lipinski definition) is 1.